The fourth-order valence-corrected chi connectivity index (χ4v) is 2.02. The number of ether oxygens (including phenoxy) is 1. The molecule has 0 saturated carbocycles. The topological polar surface area (TPSA) is 36.3 Å². The molecule has 0 aliphatic carbocycles. The Balaban J connectivity index is 2.18. The molecule has 0 aromatic rings. The number of halogens is 1. The standard InChI is InChI=1S/C10H17ClN2O/c1-13(7-10(11)5-12)6-9-3-2-4-14-8-9/h9-10H,2-4,6-8H2,1H3. The van der Waals surface area contributed by atoms with E-state index < -0.39 is 5.38 Å². The first-order valence-corrected chi connectivity index (χ1v) is 5.46. The van der Waals surface area contributed by atoms with Gasteiger partial charge in [0.05, 0.1) is 12.7 Å². The predicted octanol–water partition coefficient (Wildman–Crippen LogP) is 1.48. The number of alkyl halides is 1. The van der Waals surface area contributed by atoms with E-state index in [9.17, 15) is 0 Å². The lowest BCUT2D eigenvalue weighted by molar-refractivity contribution is 0.0424. The lowest BCUT2D eigenvalue weighted by Crippen LogP contribution is -2.34. The number of nitrogens with zero attached hydrogens (tertiary/aromatic N) is 2. The summed E-state index contributed by atoms with van der Waals surface area (Å²) in [5.41, 5.74) is 0. The van der Waals surface area contributed by atoms with Crippen molar-refractivity contribution in [1.29, 1.82) is 5.26 Å². The molecule has 0 aromatic carbocycles. The van der Waals surface area contributed by atoms with Gasteiger partial charge in [0.25, 0.3) is 0 Å². The maximum Gasteiger partial charge on any atom is 0.133 e. The first kappa shape index (κ1) is 11.8. The maximum atomic E-state index is 8.56. The Bertz CT molecular complexity index is 199. The van der Waals surface area contributed by atoms with Gasteiger partial charge in [-0.1, -0.05) is 0 Å². The molecule has 0 bridgehead atoms. The van der Waals surface area contributed by atoms with Crippen LogP contribution >= 0.6 is 11.6 Å². The molecule has 0 N–H and O–H groups in total. The third-order valence-electron chi connectivity index (χ3n) is 2.44. The van der Waals surface area contributed by atoms with Crippen LogP contribution in [0.4, 0.5) is 0 Å². The van der Waals surface area contributed by atoms with Gasteiger partial charge in [0.15, 0.2) is 0 Å². The van der Waals surface area contributed by atoms with E-state index in [0.717, 1.165) is 26.2 Å². The zero-order valence-electron chi connectivity index (χ0n) is 8.58. The van der Waals surface area contributed by atoms with Gasteiger partial charge in [0, 0.05) is 19.7 Å². The Morgan fingerprint density at radius 2 is 2.50 bits per heavy atom. The molecular formula is C10H17ClN2O. The minimum absolute atomic E-state index is 0.399. The second kappa shape index (κ2) is 6.23. The molecule has 0 radical (unpaired) electrons. The first-order valence-electron chi connectivity index (χ1n) is 5.02. The molecule has 3 nitrogen and oxygen atoms in total. The Morgan fingerprint density at radius 1 is 1.71 bits per heavy atom. The molecule has 2 unspecified atom stereocenters. The van der Waals surface area contributed by atoms with E-state index in [4.69, 9.17) is 21.6 Å². The number of hydrogen-bond donors (Lipinski definition) is 0. The first-order chi connectivity index (χ1) is 6.72. The lowest BCUT2D eigenvalue weighted by Gasteiger charge is -2.27. The minimum Gasteiger partial charge on any atom is -0.381 e. The van der Waals surface area contributed by atoms with Gasteiger partial charge in [-0.15, -0.1) is 11.6 Å². The summed E-state index contributed by atoms with van der Waals surface area (Å²) < 4.78 is 5.39. The van der Waals surface area contributed by atoms with Crippen LogP contribution in [-0.4, -0.2) is 43.6 Å². The van der Waals surface area contributed by atoms with Gasteiger partial charge in [-0.25, -0.2) is 0 Å². The van der Waals surface area contributed by atoms with Crippen molar-refractivity contribution in [3.8, 4) is 6.07 Å². The van der Waals surface area contributed by atoms with Crippen LogP contribution in [0.5, 0.6) is 0 Å². The highest BCUT2D eigenvalue weighted by Crippen LogP contribution is 2.14. The summed E-state index contributed by atoms with van der Waals surface area (Å²) in [5.74, 6) is 0.608. The quantitative estimate of drug-likeness (QED) is 0.668. The Kier molecular flexibility index (Phi) is 5.24. The van der Waals surface area contributed by atoms with Crippen molar-refractivity contribution in [3.63, 3.8) is 0 Å². The van der Waals surface area contributed by atoms with Crippen LogP contribution in [0, 0.1) is 17.2 Å². The highest BCUT2D eigenvalue weighted by molar-refractivity contribution is 6.22. The molecule has 0 aromatic heterocycles. The minimum atomic E-state index is -0.399. The van der Waals surface area contributed by atoms with E-state index >= 15 is 0 Å². The molecule has 1 aliphatic heterocycles. The molecule has 1 aliphatic rings. The summed E-state index contributed by atoms with van der Waals surface area (Å²) in [6.45, 7) is 3.36. The SMILES string of the molecule is CN(CC(Cl)C#N)CC1CCCOC1. The van der Waals surface area contributed by atoms with Crippen LogP contribution < -0.4 is 0 Å². The summed E-state index contributed by atoms with van der Waals surface area (Å²) in [6, 6.07) is 2.03. The molecule has 4 heteroatoms. The fourth-order valence-electron chi connectivity index (χ4n) is 1.78. The van der Waals surface area contributed by atoms with Gasteiger partial charge in [0.1, 0.15) is 5.38 Å². The summed E-state index contributed by atoms with van der Waals surface area (Å²) in [7, 11) is 2.00. The highest BCUT2D eigenvalue weighted by Gasteiger charge is 2.17. The Morgan fingerprint density at radius 3 is 3.07 bits per heavy atom. The monoisotopic (exact) mass is 216 g/mol. The molecule has 1 rings (SSSR count). The van der Waals surface area contributed by atoms with Gasteiger partial charge >= 0.3 is 0 Å². The highest BCUT2D eigenvalue weighted by atomic mass is 35.5. The van der Waals surface area contributed by atoms with E-state index in [-0.39, 0.29) is 0 Å². The van der Waals surface area contributed by atoms with Gasteiger partial charge < -0.3 is 9.64 Å². The van der Waals surface area contributed by atoms with Crippen molar-refractivity contribution in [2.24, 2.45) is 5.92 Å². The van der Waals surface area contributed by atoms with Crippen molar-refractivity contribution in [2.75, 3.05) is 33.4 Å². The summed E-state index contributed by atoms with van der Waals surface area (Å²) in [6.07, 6.45) is 2.38. The second-order valence-corrected chi connectivity index (χ2v) is 4.43. The van der Waals surface area contributed by atoms with Crippen molar-refractivity contribution in [1.82, 2.24) is 4.90 Å². The van der Waals surface area contributed by atoms with Crippen molar-refractivity contribution in [2.45, 2.75) is 18.2 Å². The maximum absolute atomic E-state index is 8.56. The van der Waals surface area contributed by atoms with Crippen molar-refractivity contribution < 1.29 is 4.74 Å². The van der Waals surface area contributed by atoms with Crippen LogP contribution in [0.15, 0.2) is 0 Å². The summed E-state index contributed by atoms with van der Waals surface area (Å²) in [5, 5.41) is 8.16. The largest absolute Gasteiger partial charge is 0.381 e. The molecule has 1 heterocycles. The Labute approximate surface area is 90.6 Å². The molecule has 80 valence electrons. The van der Waals surface area contributed by atoms with Crippen LogP contribution in [0.1, 0.15) is 12.8 Å². The van der Waals surface area contributed by atoms with Gasteiger partial charge in [-0.3, -0.25) is 0 Å². The molecule has 1 saturated heterocycles. The van der Waals surface area contributed by atoms with E-state index in [1.807, 2.05) is 13.1 Å². The van der Waals surface area contributed by atoms with Gasteiger partial charge in [-0.2, -0.15) is 5.26 Å². The van der Waals surface area contributed by atoms with Crippen molar-refractivity contribution >= 4 is 11.6 Å². The smallest absolute Gasteiger partial charge is 0.133 e. The normalized spacial score (nSPS) is 24.6. The van der Waals surface area contributed by atoms with Gasteiger partial charge in [-0.05, 0) is 25.8 Å². The van der Waals surface area contributed by atoms with Crippen molar-refractivity contribution in [3.05, 3.63) is 0 Å². The molecule has 0 spiro atoms. The molecule has 14 heavy (non-hydrogen) atoms. The van der Waals surface area contributed by atoms with Crippen LogP contribution in [-0.2, 0) is 4.74 Å². The van der Waals surface area contributed by atoms with E-state index in [2.05, 4.69) is 4.90 Å². The zero-order valence-corrected chi connectivity index (χ0v) is 9.33. The number of hydrogen-bond acceptors (Lipinski definition) is 3. The third-order valence-corrected chi connectivity index (χ3v) is 2.67. The molecule has 0 amide bonds. The van der Waals surface area contributed by atoms with Crippen LogP contribution in [0.3, 0.4) is 0 Å². The van der Waals surface area contributed by atoms with Gasteiger partial charge in [0.2, 0.25) is 0 Å². The molecule has 2 atom stereocenters. The van der Waals surface area contributed by atoms with E-state index in [1.165, 1.54) is 6.42 Å². The molecular weight excluding hydrogens is 200 g/mol. The predicted molar refractivity (Wildman–Crippen MR) is 56.3 cm³/mol. The summed E-state index contributed by atoms with van der Waals surface area (Å²) in [4.78, 5) is 2.11. The van der Waals surface area contributed by atoms with E-state index in [1.54, 1.807) is 0 Å². The van der Waals surface area contributed by atoms with Crippen LogP contribution in [0.2, 0.25) is 0 Å². The Hall–Kier alpha value is -0.300. The number of nitriles is 1. The lowest BCUT2D eigenvalue weighted by atomic mass is 10.0. The summed E-state index contributed by atoms with van der Waals surface area (Å²) >= 11 is 5.74. The third kappa shape index (κ3) is 4.28. The number of rotatable bonds is 4. The second-order valence-electron chi connectivity index (χ2n) is 3.90. The average Bonchev–Trinajstić information content (AvgIpc) is 2.19. The average molecular weight is 217 g/mol. The van der Waals surface area contributed by atoms with E-state index in [0.29, 0.717) is 12.5 Å². The fraction of sp³-hybridized carbons (Fsp3) is 0.900. The molecule has 1 fully saturated rings. The van der Waals surface area contributed by atoms with Crippen LogP contribution in [0.25, 0.3) is 0 Å². The zero-order chi connectivity index (χ0) is 10.4.